The predicted octanol–water partition coefficient (Wildman–Crippen LogP) is 3.08. The Morgan fingerprint density at radius 2 is 1.95 bits per heavy atom. The minimum atomic E-state index is -0.922. The Morgan fingerprint density at radius 3 is 2.47 bits per heavy atom. The molecule has 2 rings (SSSR count). The number of rotatable bonds is 4. The van der Waals surface area contributed by atoms with Crippen molar-refractivity contribution in [3.8, 4) is 5.69 Å². The van der Waals surface area contributed by atoms with Crippen molar-refractivity contribution in [3.63, 3.8) is 0 Å². The van der Waals surface area contributed by atoms with Gasteiger partial charge in [0.1, 0.15) is 5.56 Å². The molecule has 100 valence electrons. The van der Waals surface area contributed by atoms with Crippen LogP contribution >= 0.6 is 0 Å². The number of carbonyl (C=O) groups is 1. The summed E-state index contributed by atoms with van der Waals surface area (Å²) in [4.78, 5) is 11.2. The van der Waals surface area contributed by atoms with Gasteiger partial charge in [-0.2, -0.15) is 5.10 Å². The lowest BCUT2D eigenvalue weighted by Gasteiger charge is -2.10. The van der Waals surface area contributed by atoms with Crippen LogP contribution in [0.3, 0.4) is 0 Å². The fraction of sp³-hybridized carbons (Fsp3) is 0.333. The van der Waals surface area contributed by atoms with Gasteiger partial charge in [-0.1, -0.05) is 31.5 Å². The van der Waals surface area contributed by atoms with E-state index in [0.29, 0.717) is 12.3 Å². The molecule has 4 heteroatoms. The van der Waals surface area contributed by atoms with E-state index in [-0.39, 0.29) is 5.56 Å². The summed E-state index contributed by atoms with van der Waals surface area (Å²) in [7, 11) is 0. The van der Waals surface area contributed by atoms with E-state index in [0.717, 1.165) is 11.4 Å². The van der Waals surface area contributed by atoms with Crippen LogP contribution in [0.5, 0.6) is 0 Å². The highest BCUT2D eigenvalue weighted by Crippen LogP contribution is 2.19. The number of hydrogen-bond acceptors (Lipinski definition) is 2. The molecular weight excluding hydrogens is 240 g/mol. The molecule has 0 aliphatic rings. The van der Waals surface area contributed by atoms with Gasteiger partial charge in [-0.25, -0.2) is 9.48 Å². The quantitative estimate of drug-likeness (QED) is 0.916. The number of aromatic carboxylic acids is 1. The maximum Gasteiger partial charge on any atom is 0.339 e. The van der Waals surface area contributed by atoms with Gasteiger partial charge in [-0.05, 0) is 31.4 Å². The Morgan fingerprint density at radius 1 is 1.32 bits per heavy atom. The summed E-state index contributed by atoms with van der Waals surface area (Å²) >= 11 is 0. The van der Waals surface area contributed by atoms with E-state index in [1.165, 1.54) is 11.8 Å². The van der Waals surface area contributed by atoms with Crippen LogP contribution in [-0.2, 0) is 6.42 Å². The second-order valence-electron chi connectivity index (χ2n) is 5.16. The van der Waals surface area contributed by atoms with Crippen molar-refractivity contribution < 1.29 is 9.90 Å². The van der Waals surface area contributed by atoms with E-state index >= 15 is 0 Å². The van der Waals surface area contributed by atoms with Crippen molar-refractivity contribution in [2.75, 3.05) is 0 Å². The predicted molar refractivity (Wildman–Crippen MR) is 73.8 cm³/mol. The largest absolute Gasteiger partial charge is 0.478 e. The van der Waals surface area contributed by atoms with Crippen LogP contribution in [-0.4, -0.2) is 20.9 Å². The summed E-state index contributed by atoms with van der Waals surface area (Å²) < 4.78 is 1.73. The molecule has 0 radical (unpaired) electrons. The van der Waals surface area contributed by atoms with Crippen molar-refractivity contribution in [2.24, 2.45) is 5.92 Å². The Kier molecular flexibility index (Phi) is 3.69. The summed E-state index contributed by atoms with van der Waals surface area (Å²) in [5, 5.41) is 13.5. The molecule has 2 aromatic rings. The fourth-order valence-corrected chi connectivity index (χ4v) is 2.04. The average Bonchev–Trinajstić information content (AvgIpc) is 2.73. The van der Waals surface area contributed by atoms with Crippen LogP contribution in [0.25, 0.3) is 5.69 Å². The average molecular weight is 258 g/mol. The van der Waals surface area contributed by atoms with Gasteiger partial charge in [0.2, 0.25) is 0 Å². The first kappa shape index (κ1) is 13.3. The van der Waals surface area contributed by atoms with Crippen LogP contribution in [0, 0.1) is 12.8 Å². The SMILES string of the molecule is Cc1ccc(-n2ncc(C(=O)O)c2CC(C)C)cc1. The molecule has 1 aromatic heterocycles. The molecule has 1 heterocycles. The molecule has 0 saturated carbocycles. The van der Waals surface area contributed by atoms with Gasteiger partial charge in [-0.15, -0.1) is 0 Å². The third kappa shape index (κ3) is 2.84. The van der Waals surface area contributed by atoms with Crippen LogP contribution in [0.1, 0.15) is 35.5 Å². The first-order valence-corrected chi connectivity index (χ1v) is 6.36. The van der Waals surface area contributed by atoms with E-state index in [1.807, 2.05) is 31.2 Å². The fourth-order valence-electron chi connectivity index (χ4n) is 2.04. The van der Waals surface area contributed by atoms with E-state index in [4.69, 9.17) is 0 Å². The molecule has 0 bridgehead atoms. The second-order valence-corrected chi connectivity index (χ2v) is 5.16. The van der Waals surface area contributed by atoms with Gasteiger partial charge < -0.3 is 5.11 Å². The van der Waals surface area contributed by atoms with Crippen molar-refractivity contribution >= 4 is 5.97 Å². The summed E-state index contributed by atoms with van der Waals surface area (Å²) in [5.41, 5.74) is 3.11. The smallest absolute Gasteiger partial charge is 0.339 e. The molecule has 0 unspecified atom stereocenters. The Hall–Kier alpha value is -2.10. The minimum absolute atomic E-state index is 0.286. The minimum Gasteiger partial charge on any atom is -0.478 e. The molecule has 0 saturated heterocycles. The first-order chi connectivity index (χ1) is 8.99. The standard InChI is InChI=1S/C15H18N2O2/c1-10(2)8-14-13(15(18)19)9-16-17(14)12-6-4-11(3)5-7-12/h4-7,9-10H,8H2,1-3H3,(H,18,19). The van der Waals surface area contributed by atoms with E-state index in [2.05, 4.69) is 18.9 Å². The molecule has 0 fully saturated rings. The molecule has 0 spiro atoms. The Bertz CT molecular complexity index is 583. The highest BCUT2D eigenvalue weighted by atomic mass is 16.4. The van der Waals surface area contributed by atoms with Crippen LogP contribution < -0.4 is 0 Å². The number of carboxylic acids is 1. The lowest BCUT2D eigenvalue weighted by atomic mass is 10.0. The monoisotopic (exact) mass is 258 g/mol. The highest BCUT2D eigenvalue weighted by Gasteiger charge is 2.18. The topological polar surface area (TPSA) is 55.1 Å². The Balaban J connectivity index is 2.50. The van der Waals surface area contributed by atoms with Crippen LogP contribution in [0.4, 0.5) is 0 Å². The summed E-state index contributed by atoms with van der Waals surface area (Å²) in [6.07, 6.45) is 2.12. The van der Waals surface area contributed by atoms with E-state index in [9.17, 15) is 9.90 Å². The number of aromatic nitrogens is 2. The third-order valence-electron chi connectivity index (χ3n) is 2.98. The zero-order valence-corrected chi connectivity index (χ0v) is 11.4. The molecular formula is C15H18N2O2. The van der Waals surface area contributed by atoms with Crippen molar-refractivity contribution in [3.05, 3.63) is 47.3 Å². The third-order valence-corrected chi connectivity index (χ3v) is 2.98. The van der Waals surface area contributed by atoms with Gasteiger partial charge in [0.25, 0.3) is 0 Å². The van der Waals surface area contributed by atoms with Gasteiger partial charge >= 0.3 is 5.97 Å². The molecule has 1 N–H and O–H groups in total. The lowest BCUT2D eigenvalue weighted by Crippen LogP contribution is -2.09. The van der Waals surface area contributed by atoms with Gasteiger partial charge in [0.05, 0.1) is 17.6 Å². The van der Waals surface area contributed by atoms with Crippen LogP contribution in [0.2, 0.25) is 0 Å². The molecule has 0 aliphatic carbocycles. The van der Waals surface area contributed by atoms with Crippen molar-refractivity contribution in [2.45, 2.75) is 27.2 Å². The van der Waals surface area contributed by atoms with Crippen molar-refractivity contribution in [1.82, 2.24) is 9.78 Å². The maximum absolute atomic E-state index is 11.2. The number of carboxylic acid groups (broad SMARTS) is 1. The normalized spacial score (nSPS) is 10.9. The second kappa shape index (κ2) is 5.26. The number of hydrogen-bond donors (Lipinski definition) is 1. The van der Waals surface area contributed by atoms with E-state index in [1.54, 1.807) is 4.68 Å². The van der Waals surface area contributed by atoms with Gasteiger partial charge in [-0.3, -0.25) is 0 Å². The summed E-state index contributed by atoms with van der Waals surface area (Å²) in [6.45, 7) is 6.15. The molecule has 0 atom stereocenters. The number of aryl methyl sites for hydroxylation is 1. The highest BCUT2D eigenvalue weighted by molar-refractivity contribution is 5.88. The van der Waals surface area contributed by atoms with Gasteiger partial charge in [0.15, 0.2) is 0 Å². The van der Waals surface area contributed by atoms with Crippen LogP contribution in [0.15, 0.2) is 30.5 Å². The zero-order valence-electron chi connectivity index (χ0n) is 11.4. The number of benzene rings is 1. The molecule has 1 aromatic carbocycles. The number of nitrogens with zero attached hydrogens (tertiary/aromatic N) is 2. The molecule has 4 nitrogen and oxygen atoms in total. The van der Waals surface area contributed by atoms with E-state index < -0.39 is 5.97 Å². The lowest BCUT2D eigenvalue weighted by molar-refractivity contribution is 0.0695. The Labute approximate surface area is 112 Å². The molecule has 19 heavy (non-hydrogen) atoms. The summed E-state index contributed by atoms with van der Waals surface area (Å²) in [6, 6.07) is 7.91. The summed E-state index contributed by atoms with van der Waals surface area (Å²) in [5.74, 6) is -0.548. The molecule has 0 amide bonds. The maximum atomic E-state index is 11.2. The zero-order chi connectivity index (χ0) is 14.0. The first-order valence-electron chi connectivity index (χ1n) is 6.36. The van der Waals surface area contributed by atoms with Crippen molar-refractivity contribution in [1.29, 1.82) is 0 Å². The van der Waals surface area contributed by atoms with Gasteiger partial charge in [0, 0.05) is 0 Å². The molecule has 0 aliphatic heterocycles.